The molecule has 0 bridgehead atoms. The number of benzene rings is 1. The summed E-state index contributed by atoms with van der Waals surface area (Å²) in [6, 6.07) is 13.4. The number of hydrogen-bond acceptors (Lipinski definition) is 5. The number of nitrogens with one attached hydrogen (secondary N) is 2. The van der Waals surface area contributed by atoms with Gasteiger partial charge in [0, 0.05) is 49.8 Å². The van der Waals surface area contributed by atoms with E-state index in [-0.39, 0.29) is 24.0 Å². The molecule has 2 aliphatic heterocycles. The van der Waals surface area contributed by atoms with Crippen LogP contribution in [-0.4, -0.2) is 63.3 Å². The minimum Gasteiger partial charge on any atom is -0.379 e. The van der Waals surface area contributed by atoms with Crippen LogP contribution in [0.3, 0.4) is 0 Å². The summed E-state index contributed by atoms with van der Waals surface area (Å²) in [6.45, 7) is 9.95. The highest BCUT2D eigenvalue weighted by Crippen LogP contribution is 2.25. The second-order valence-corrected chi connectivity index (χ2v) is 8.78. The number of nitrogens with zero attached hydrogens (tertiary/aromatic N) is 3. The number of anilines is 1. The highest BCUT2D eigenvalue weighted by atomic mass is 127. The van der Waals surface area contributed by atoms with E-state index in [4.69, 9.17) is 9.73 Å². The maximum absolute atomic E-state index is 5.56. The quantitative estimate of drug-likeness (QED) is 0.220. The van der Waals surface area contributed by atoms with Gasteiger partial charge in [0.25, 0.3) is 0 Å². The van der Waals surface area contributed by atoms with Gasteiger partial charge in [-0.15, -0.1) is 35.3 Å². The average molecular weight is 568 g/mol. The van der Waals surface area contributed by atoms with Crippen LogP contribution in [0, 0.1) is 0 Å². The monoisotopic (exact) mass is 567 g/mol. The fraction of sp³-hybridized carbons (Fsp3) is 0.458. The maximum Gasteiger partial charge on any atom is 0.191 e. The van der Waals surface area contributed by atoms with E-state index in [1.165, 1.54) is 16.1 Å². The number of morpholine rings is 1. The van der Waals surface area contributed by atoms with Crippen LogP contribution in [0.2, 0.25) is 0 Å². The average Bonchev–Trinajstić information content (AvgIpc) is 3.53. The first kappa shape index (κ1) is 25.0. The van der Waals surface area contributed by atoms with Crippen molar-refractivity contribution in [2.24, 2.45) is 4.99 Å². The van der Waals surface area contributed by atoms with Gasteiger partial charge >= 0.3 is 0 Å². The van der Waals surface area contributed by atoms with Crippen LogP contribution in [0.1, 0.15) is 23.4 Å². The van der Waals surface area contributed by atoms with Crippen molar-refractivity contribution in [3.63, 3.8) is 0 Å². The maximum atomic E-state index is 5.56. The first-order valence-electron chi connectivity index (χ1n) is 11.2. The van der Waals surface area contributed by atoms with Crippen LogP contribution >= 0.6 is 35.3 Å². The van der Waals surface area contributed by atoms with E-state index in [1.807, 2.05) is 11.3 Å². The van der Waals surface area contributed by atoms with Crippen molar-refractivity contribution in [3.05, 3.63) is 64.4 Å². The molecule has 1 atom stereocenters. The Kier molecular flexibility index (Phi) is 10.3. The first-order chi connectivity index (χ1) is 15.3. The molecule has 1 aromatic carbocycles. The molecule has 1 unspecified atom stereocenters. The van der Waals surface area contributed by atoms with Gasteiger partial charge in [-0.25, -0.2) is 4.99 Å². The molecule has 8 heteroatoms. The van der Waals surface area contributed by atoms with Crippen molar-refractivity contribution in [1.82, 2.24) is 15.5 Å². The van der Waals surface area contributed by atoms with Crippen LogP contribution in [-0.2, 0) is 11.3 Å². The number of aliphatic imine (C=N–C) groups is 1. The fourth-order valence-corrected chi connectivity index (χ4v) is 4.89. The normalized spacial score (nSPS) is 17.8. The van der Waals surface area contributed by atoms with Crippen molar-refractivity contribution in [2.45, 2.75) is 19.5 Å². The van der Waals surface area contributed by atoms with Crippen LogP contribution < -0.4 is 15.5 Å². The SMILES string of the molecule is CCNC(=NCc1cccc(N2CC=CC2)c1)NCC(c1cccs1)N1CCOCC1.I. The van der Waals surface area contributed by atoms with E-state index in [0.29, 0.717) is 12.6 Å². The molecule has 174 valence electrons. The number of rotatable bonds is 8. The van der Waals surface area contributed by atoms with Crippen LogP contribution in [0.5, 0.6) is 0 Å². The molecule has 0 aliphatic carbocycles. The highest BCUT2D eigenvalue weighted by Gasteiger charge is 2.23. The zero-order valence-corrected chi connectivity index (χ0v) is 21.9. The van der Waals surface area contributed by atoms with Gasteiger partial charge in [-0.1, -0.05) is 30.4 Å². The third-order valence-corrected chi connectivity index (χ3v) is 6.65. The highest BCUT2D eigenvalue weighted by molar-refractivity contribution is 14.0. The van der Waals surface area contributed by atoms with Crippen LogP contribution in [0.25, 0.3) is 0 Å². The third kappa shape index (κ3) is 6.94. The summed E-state index contributed by atoms with van der Waals surface area (Å²) in [5.74, 6) is 0.866. The number of guanidine groups is 1. The molecule has 0 radical (unpaired) electrons. The van der Waals surface area contributed by atoms with Crippen molar-refractivity contribution in [3.8, 4) is 0 Å². The summed E-state index contributed by atoms with van der Waals surface area (Å²) in [7, 11) is 0. The Morgan fingerprint density at radius 3 is 2.66 bits per heavy atom. The Balaban J connectivity index is 0.00000289. The molecule has 1 fully saturated rings. The molecule has 2 aliphatic rings. The summed E-state index contributed by atoms with van der Waals surface area (Å²) in [4.78, 5) is 11.1. The van der Waals surface area contributed by atoms with Gasteiger partial charge in [-0.3, -0.25) is 4.90 Å². The lowest BCUT2D eigenvalue weighted by Crippen LogP contribution is -2.46. The Morgan fingerprint density at radius 1 is 1.12 bits per heavy atom. The fourth-order valence-electron chi connectivity index (χ4n) is 4.03. The number of halogens is 1. The van der Waals surface area contributed by atoms with E-state index in [0.717, 1.165) is 58.4 Å². The zero-order valence-electron chi connectivity index (χ0n) is 18.7. The smallest absolute Gasteiger partial charge is 0.191 e. The number of thiophene rings is 1. The summed E-state index contributed by atoms with van der Waals surface area (Å²) >= 11 is 1.82. The molecular weight excluding hydrogens is 533 g/mol. The largest absolute Gasteiger partial charge is 0.379 e. The summed E-state index contributed by atoms with van der Waals surface area (Å²) in [6.07, 6.45) is 4.44. The molecule has 0 amide bonds. The van der Waals surface area contributed by atoms with Gasteiger partial charge < -0.3 is 20.3 Å². The van der Waals surface area contributed by atoms with Gasteiger partial charge in [0.15, 0.2) is 5.96 Å². The minimum atomic E-state index is 0. The van der Waals surface area contributed by atoms with Crippen LogP contribution in [0.4, 0.5) is 5.69 Å². The predicted molar refractivity (Wildman–Crippen MR) is 145 cm³/mol. The lowest BCUT2D eigenvalue weighted by Gasteiger charge is -2.34. The summed E-state index contributed by atoms with van der Waals surface area (Å²) in [5.41, 5.74) is 2.49. The number of hydrogen-bond donors (Lipinski definition) is 2. The van der Waals surface area contributed by atoms with Crippen LogP contribution in [0.15, 0.2) is 58.9 Å². The molecule has 1 aromatic heterocycles. The van der Waals surface area contributed by atoms with E-state index in [2.05, 4.69) is 81.3 Å². The molecule has 1 saturated heterocycles. The second-order valence-electron chi connectivity index (χ2n) is 7.80. The molecular formula is C24H34IN5OS. The predicted octanol–water partition coefficient (Wildman–Crippen LogP) is 3.87. The third-order valence-electron chi connectivity index (χ3n) is 5.68. The Morgan fingerprint density at radius 2 is 1.94 bits per heavy atom. The Labute approximate surface area is 212 Å². The minimum absolute atomic E-state index is 0. The molecule has 32 heavy (non-hydrogen) atoms. The van der Waals surface area contributed by atoms with E-state index in [1.54, 1.807) is 0 Å². The van der Waals surface area contributed by atoms with E-state index in [9.17, 15) is 0 Å². The molecule has 3 heterocycles. The zero-order chi connectivity index (χ0) is 21.3. The summed E-state index contributed by atoms with van der Waals surface area (Å²) < 4.78 is 5.56. The van der Waals surface area contributed by atoms with Gasteiger partial charge in [-0.05, 0) is 36.1 Å². The van der Waals surface area contributed by atoms with Crippen molar-refractivity contribution < 1.29 is 4.74 Å². The first-order valence-corrected chi connectivity index (χ1v) is 12.1. The van der Waals surface area contributed by atoms with Crippen molar-refractivity contribution in [2.75, 3.05) is 57.4 Å². The van der Waals surface area contributed by atoms with Crippen molar-refractivity contribution >= 4 is 47.0 Å². The van der Waals surface area contributed by atoms with Gasteiger partial charge in [0.05, 0.1) is 25.8 Å². The molecule has 4 rings (SSSR count). The van der Waals surface area contributed by atoms with E-state index < -0.39 is 0 Å². The molecule has 0 spiro atoms. The Hall–Kier alpha value is -1.62. The molecule has 2 N–H and O–H groups in total. The molecule has 0 saturated carbocycles. The van der Waals surface area contributed by atoms with E-state index >= 15 is 0 Å². The lowest BCUT2D eigenvalue weighted by atomic mass is 10.2. The molecule has 6 nitrogen and oxygen atoms in total. The van der Waals surface area contributed by atoms with Gasteiger partial charge in [0.2, 0.25) is 0 Å². The van der Waals surface area contributed by atoms with Gasteiger partial charge in [-0.2, -0.15) is 0 Å². The molecule has 2 aromatic rings. The Bertz CT molecular complexity index is 859. The number of ether oxygens (including phenoxy) is 1. The van der Waals surface area contributed by atoms with Crippen molar-refractivity contribution in [1.29, 1.82) is 0 Å². The lowest BCUT2D eigenvalue weighted by molar-refractivity contribution is 0.0177. The standard InChI is InChI=1S/C24H33N5OS.HI/c1-2-25-24(26-18-20-7-5-8-21(17-20)28-10-3-4-11-28)27-19-22(23-9-6-16-31-23)29-12-14-30-15-13-29;/h3-9,16-17,22H,2,10-15,18-19H2,1H3,(H2,25,26,27);1H. The van der Waals surface area contributed by atoms with Gasteiger partial charge in [0.1, 0.15) is 0 Å². The topological polar surface area (TPSA) is 52.1 Å². The summed E-state index contributed by atoms with van der Waals surface area (Å²) in [5, 5.41) is 9.15. The second kappa shape index (κ2) is 13.2.